The van der Waals surface area contributed by atoms with Gasteiger partial charge in [-0.25, -0.2) is 9.59 Å². The second-order valence-corrected chi connectivity index (χ2v) is 9.07. The average molecular weight is 443 g/mol. The minimum atomic E-state index is -0.786. The number of ether oxygens (including phenoxy) is 3. The van der Waals surface area contributed by atoms with Crippen molar-refractivity contribution in [1.82, 2.24) is 5.32 Å². The lowest BCUT2D eigenvalue weighted by molar-refractivity contribution is -0.144. The standard InChI is InChI=1S/C24H29NO7/c1-13(22(27)29-4)25-19(26)12-30-18-11-17-16(9-10-24(2,3)32-17)21-20(18)14-7-5-6-8-15(14)23(28)31-21/h11,13H,5-10,12H2,1-4H3,(H,25,26)/t13-/m0/s1. The average Bonchev–Trinajstić information content (AvgIpc) is 2.76. The van der Waals surface area contributed by atoms with E-state index in [0.717, 1.165) is 48.6 Å². The highest BCUT2D eigenvalue weighted by Gasteiger charge is 2.32. The Morgan fingerprint density at radius 2 is 1.88 bits per heavy atom. The summed E-state index contributed by atoms with van der Waals surface area (Å²) in [6.45, 7) is 5.25. The van der Waals surface area contributed by atoms with E-state index in [1.165, 1.54) is 7.11 Å². The number of carbonyl (C=O) groups is 2. The van der Waals surface area contributed by atoms with E-state index in [1.807, 2.05) is 13.8 Å². The number of benzene rings is 1. The van der Waals surface area contributed by atoms with E-state index in [-0.39, 0.29) is 17.8 Å². The molecule has 2 aliphatic rings. The van der Waals surface area contributed by atoms with Gasteiger partial charge in [-0.3, -0.25) is 4.79 Å². The van der Waals surface area contributed by atoms with Crippen LogP contribution in [0.3, 0.4) is 0 Å². The highest BCUT2D eigenvalue weighted by Crippen LogP contribution is 2.44. The number of aryl methyl sites for hydroxylation is 2. The molecule has 1 aromatic heterocycles. The van der Waals surface area contributed by atoms with E-state index in [1.54, 1.807) is 13.0 Å². The predicted octanol–water partition coefficient (Wildman–Crippen LogP) is 2.83. The molecule has 4 rings (SSSR count). The van der Waals surface area contributed by atoms with Gasteiger partial charge in [0.15, 0.2) is 6.61 Å². The van der Waals surface area contributed by atoms with E-state index in [0.29, 0.717) is 29.1 Å². The Kier molecular flexibility index (Phi) is 5.88. The second kappa shape index (κ2) is 8.48. The highest BCUT2D eigenvalue weighted by atomic mass is 16.5. The third-order valence-electron chi connectivity index (χ3n) is 6.17. The Morgan fingerprint density at radius 3 is 2.59 bits per heavy atom. The van der Waals surface area contributed by atoms with Crippen LogP contribution >= 0.6 is 0 Å². The number of methoxy groups -OCH3 is 1. The summed E-state index contributed by atoms with van der Waals surface area (Å²) in [5.41, 5.74) is 2.31. The molecule has 0 saturated heterocycles. The Morgan fingerprint density at radius 1 is 1.16 bits per heavy atom. The molecule has 0 bridgehead atoms. The largest absolute Gasteiger partial charge is 0.487 e. The third-order valence-corrected chi connectivity index (χ3v) is 6.17. The van der Waals surface area contributed by atoms with Gasteiger partial charge in [0.25, 0.3) is 5.91 Å². The summed E-state index contributed by atoms with van der Waals surface area (Å²) in [7, 11) is 1.26. The van der Waals surface area contributed by atoms with Crippen molar-refractivity contribution < 1.29 is 28.2 Å². The van der Waals surface area contributed by atoms with E-state index in [4.69, 9.17) is 13.9 Å². The minimum absolute atomic E-state index is 0.299. The molecular weight excluding hydrogens is 414 g/mol. The van der Waals surface area contributed by atoms with Gasteiger partial charge in [0, 0.05) is 17.2 Å². The van der Waals surface area contributed by atoms with E-state index in [9.17, 15) is 14.4 Å². The number of hydrogen-bond donors (Lipinski definition) is 1. The van der Waals surface area contributed by atoms with E-state index < -0.39 is 17.9 Å². The summed E-state index contributed by atoms with van der Waals surface area (Å²) in [5, 5.41) is 3.30. The number of nitrogens with one attached hydrogen (secondary N) is 1. The van der Waals surface area contributed by atoms with Gasteiger partial charge in [-0.15, -0.1) is 0 Å². The van der Waals surface area contributed by atoms with Crippen molar-refractivity contribution in [2.45, 2.75) is 70.9 Å². The molecule has 1 aromatic carbocycles. The van der Waals surface area contributed by atoms with Crippen LogP contribution in [0, 0.1) is 0 Å². The van der Waals surface area contributed by atoms with Gasteiger partial charge in [-0.1, -0.05) is 0 Å². The van der Waals surface area contributed by atoms with Crippen molar-refractivity contribution in [2.24, 2.45) is 0 Å². The molecule has 0 radical (unpaired) electrons. The monoisotopic (exact) mass is 443 g/mol. The Hall–Kier alpha value is -3.03. The first-order valence-electron chi connectivity index (χ1n) is 11.0. The maximum absolute atomic E-state index is 12.7. The molecule has 8 heteroatoms. The van der Waals surface area contributed by atoms with Crippen LogP contribution in [-0.4, -0.2) is 37.2 Å². The summed E-state index contributed by atoms with van der Waals surface area (Å²) >= 11 is 0. The van der Waals surface area contributed by atoms with Crippen molar-refractivity contribution in [3.8, 4) is 11.5 Å². The quantitative estimate of drug-likeness (QED) is 0.560. The molecule has 1 aliphatic carbocycles. The van der Waals surface area contributed by atoms with Crippen molar-refractivity contribution in [1.29, 1.82) is 0 Å². The number of esters is 1. The zero-order valence-electron chi connectivity index (χ0n) is 19.0. The minimum Gasteiger partial charge on any atom is -0.487 e. The van der Waals surface area contributed by atoms with Gasteiger partial charge in [0.05, 0.1) is 12.5 Å². The van der Waals surface area contributed by atoms with Gasteiger partial charge in [0.1, 0.15) is 28.7 Å². The summed E-state index contributed by atoms with van der Waals surface area (Å²) in [5.74, 6) is 0.0514. The first-order chi connectivity index (χ1) is 15.2. The van der Waals surface area contributed by atoms with Gasteiger partial charge in [-0.05, 0) is 64.9 Å². The second-order valence-electron chi connectivity index (χ2n) is 9.07. The van der Waals surface area contributed by atoms with Crippen molar-refractivity contribution >= 4 is 22.8 Å². The summed E-state index contributed by atoms with van der Waals surface area (Å²) in [4.78, 5) is 36.7. The number of fused-ring (bicyclic) bond motifs is 5. The Balaban J connectivity index is 1.75. The molecule has 2 heterocycles. The number of carbonyl (C=O) groups excluding carboxylic acids is 2. The third kappa shape index (κ3) is 4.18. The number of rotatable bonds is 5. The molecular formula is C24H29NO7. The van der Waals surface area contributed by atoms with Crippen LogP contribution in [0.15, 0.2) is 15.3 Å². The van der Waals surface area contributed by atoms with Gasteiger partial charge >= 0.3 is 11.6 Å². The van der Waals surface area contributed by atoms with Crippen LogP contribution in [0.1, 0.15) is 56.7 Å². The highest BCUT2D eigenvalue weighted by molar-refractivity contribution is 5.93. The molecule has 0 unspecified atom stereocenters. The Bertz CT molecular complexity index is 1130. The first-order valence-corrected chi connectivity index (χ1v) is 11.0. The molecule has 0 spiro atoms. The van der Waals surface area contributed by atoms with Crippen molar-refractivity contribution in [3.05, 3.63) is 33.2 Å². The van der Waals surface area contributed by atoms with Crippen LogP contribution in [0.2, 0.25) is 0 Å². The summed E-state index contributed by atoms with van der Waals surface area (Å²) < 4.78 is 22.5. The Labute approximate surface area is 186 Å². The van der Waals surface area contributed by atoms with Crippen LogP contribution in [0.4, 0.5) is 0 Å². The maximum Gasteiger partial charge on any atom is 0.339 e. The fraction of sp³-hybridized carbons (Fsp3) is 0.542. The molecule has 0 fully saturated rings. The van der Waals surface area contributed by atoms with Crippen LogP contribution in [-0.2, 0) is 33.6 Å². The molecule has 0 saturated carbocycles. The zero-order chi connectivity index (χ0) is 23.0. The van der Waals surface area contributed by atoms with Gasteiger partial charge in [0.2, 0.25) is 0 Å². The summed E-state index contributed by atoms with van der Waals surface area (Å²) in [6.07, 6.45) is 4.86. The van der Waals surface area contributed by atoms with Crippen LogP contribution < -0.4 is 20.4 Å². The van der Waals surface area contributed by atoms with E-state index in [2.05, 4.69) is 10.1 Å². The molecule has 1 aliphatic heterocycles. The molecule has 1 atom stereocenters. The molecule has 2 aromatic rings. The fourth-order valence-corrected chi connectivity index (χ4v) is 4.49. The summed E-state index contributed by atoms with van der Waals surface area (Å²) in [6, 6.07) is 1.01. The van der Waals surface area contributed by atoms with Gasteiger partial charge in [-0.2, -0.15) is 0 Å². The molecule has 8 nitrogen and oxygen atoms in total. The molecule has 1 amide bonds. The first kappa shape index (κ1) is 22.2. The maximum atomic E-state index is 12.7. The van der Waals surface area contributed by atoms with Crippen molar-refractivity contribution in [3.63, 3.8) is 0 Å². The normalized spacial score (nSPS) is 17.5. The fourth-order valence-electron chi connectivity index (χ4n) is 4.49. The van der Waals surface area contributed by atoms with E-state index >= 15 is 0 Å². The smallest absolute Gasteiger partial charge is 0.339 e. The topological polar surface area (TPSA) is 104 Å². The van der Waals surface area contributed by atoms with Gasteiger partial charge < -0.3 is 23.9 Å². The molecule has 1 N–H and O–H groups in total. The lowest BCUT2D eigenvalue weighted by atomic mass is 9.87. The van der Waals surface area contributed by atoms with Crippen LogP contribution in [0.5, 0.6) is 11.5 Å². The van der Waals surface area contributed by atoms with Crippen LogP contribution in [0.25, 0.3) is 11.0 Å². The predicted molar refractivity (Wildman–Crippen MR) is 117 cm³/mol. The molecule has 172 valence electrons. The SMILES string of the molecule is COC(=O)[C@H](C)NC(=O)COc1cc2c(c3oc(=O)c4c(c13)CCCC4)CCC(C)(C)O2. The lowest BCUT2D eigenvalue weighted by Gasteiger charge is -2.33. The lowest BCUT2D eigenvalue weighted by Crippen LogP contribution is -2.41. The van der Waals surface area contributed by atoms with Crippen molar-refractivity contribution in [2.75, 3.05) is 13.7 Å². The number of amides is 1. The molecule has 32 heavy (non-hydrogen) atoms. The zero-order valence-corrected chi connectivity index (χ0v) is 19.0. The number of hydrogen-bond acceptors (Lipinski definition) is 7.